The van der Waals surface area contributed by atoms with Crippen LogP contribution in [0.2, 0.25) is 0 Å². The number of piperidine rings is 1. The fraction of sp³-hybridized carbons (Fsp3) is 0.286. The molecule has 1 atom stereocenters. The largest absolute Gasteiger partial charge is 0.292 e. The number of hydrogen-bond acceptors (Lipinski definition) is 2. The van der Waals surface area contributed by atoms with Crippen LogP contribution in [-0.2, 0) is 0 Å². The van der Waals surface area contributed by atoms with Crippen molar-refractivity contribution in [3.63, 3.8) is 0 Å². The van der Waals surface area contributed by atoms with Crippen LogP contribution >= 0.6 is 0 Å². The Hall–Kier alpha value is -2.19. The summed E-state index contributed by atoms with van der Waals surface area (Å²) in [6.07, 6.45) is 5.84. The second-order valence-electron chi connectivity index (χ2n) is 6.43. The maximum Gasteiger partial charge on any atom is 0.191 e. The molecule has 2 aromatic rings. The van der Waals surface area contributed by atoms with Crippen LogP contribution in [0.25, 0.3) is 6.08 Å². The molecule has 1 aliphatic carbocycles. The summed E-state index contributed by atoms with van der Waals surface area (Å²) in [5, 5.41) is 0. The van der Waals surface area contributed by atoms with E-state index in [4.69, 9.17) is 0 Å². The fourth-order valence-electron chi connectivity index (χ4n) is 3.83. The molecule has 2 aromatic carbocycles. The Morgan fingerprint density at radius 1 is 0.870 bits per heavy atom. The average Bonchev–Trinajstić information content (AvgIpc) is 2.89. The lowest BCUT2D eigenvalue weighted by Crippen LogP contribution is -2.33. The summed E-state index contributed by atoms with van der Waals surface area (Å²) < 4.78 is 0. The Labute approximate surface area is 137 Å². The van der Waals surface area contributed by atoms with Crippen molar-refractivity contribution in [2.45, 2.75) is 25.3 Å². The summed E-state index contributed by atoms with van der Waals surface area (Å²) in [5.41, 5.74) is 4.09. The van der Waals surface area contributed by atoms with E-state index in [-0.39, 0.29) is 11.8 Å². The Bertz CT molecular complexity index is 741. The summed E-state index contributed by atoms with van der Waals surface area (Å²) in [6, 6.07) is 18.4. The van der Waals surface area contributed by atoms with Gasteiger partial charge in [-0.1, -0.05) is 61.0 Å². The molecular weight excluding hydrogens is 282 g/mol. The molecule has 2 heteroatoms. The van der Waals surface area contributed by atoms with E-state index in [0.29, 0.717) is 0 Å². The Morgan fingerprint density at radius 2 is 1.57 bits per heavy atom. The minimum Gasteiger partial charge on any atom is -0.292 e. The van der Waals surface area contributed by atoms with Gasteiger partial charge in [0, 0.05) is 11.1 Å². The van der Waals surface area contributed by atoms with Gasteiger partial charge in [0.25, 0.3) is 0 Å². The quantitative estimate of drug-likeness (QED) is 0.762. The highest BCUT2D eigenvalue weighted by atomic mass is 16.1. The number of carbonyl (C=O) groups excluding carboxylic acids is 1. The average molecular weight is 303 g/mol. The highest BCUT2D eigenvalue weighted by Gasteiger charge is 2.38. The molecular formula is C21H21NO. The molecule has 2 nitrogen and oxygen atoms in total. The van der Waals surface area contributed by atoms with Crippen LogP contribution in [0.4, 0.5) is 0 Å². The summed E-state index contributed by atoms with van der Waals surface area (Å²) in [6.45, 7) is 2.16. The van der Waals surface area contributed by atoms with E-state index >= 15 is 0 Å². The van der Waals surface area contributed by atoms with E-state index in [1.807, 2.05) is 30.3 Å². The zero-order valence-electron chi connectivity index (χ0n) is 13.2. The first-order valence-electron chi connectivity index (χ1n) is 8.49. The molecule has 1 fully saturated rings. The molecule has 1 heterocycles. The van der Waals surface area contributed by atoms with Crippen LogP contribution in [0.5, 0.6) is 0 Å². The molecule has 0 aromatic heterocycles. The molecule has 4 rings (SSSR count). The number of fused-ring (bicyclic) bond motifs is 1. The summed E-state index contributed by atoms with van der Waals surface area (Å²) in [5.74, 6) is 0.194. The summed E-state index contributed by atoms with van der Waals surface area (Å²) >= 11 is 0. The number of benzene rings is 2. The van der Waals surface area contributed by atoms with Gasteiger partial charge >= 0.3 is 0 Å². The van der Waals surface area contributed by atoms with Crippen LogP contribution in [-0.4, -0.2) is 23.8 Å². The molecule has 0 N–H and O–H groups in total. The first-order chi connectivity index (χ1) is 11.3. The number of carbonyl (C=O) groups is 1. The highest BCUT2D eigenvalue weighted by molar-refractivity contribution is 6.16. The number of likely N-dealkylation sites (tertiary alicyclic amines) is 1. The number of ketones is 1. The van der Waals surface area contributed by atoms with Crippen LogP contribution in [0.3, 0.4) is 0 Å². The lowest BCUT2D eigenvalue weighted by Gasteiger charge is -2.33. The number of nitrogens with zero attached hydrogens (tertiary/aromatic N) is 1. The van der Waals surface area contributed by atoms with E-state index in [1.165, 1.54) is 24.8 Å². The van der Waals surface area contributed by atoms with Gasteiger partial charge in [-0.25, -0.2) is 0 Å². The van der Waals surface area contributed by atoms with Crippen molar-refractivity contribution in [2.24, 2.45) is 0 Å². The van der Waals surface area contributed by atoms with Crippen LogP contribution < -0.4 is 0 Å². The van der Waals surface area contributed by atoms with Crippen molar-refractivity contribution < 1.29 is 4.79 Å². The van der Waals surface area contributed by atoms with Gasteiger partial charge in [0.15, 0.2) is 5.78 Å². The predicted octanol–water partition coefficient (Wildman–Crippen LogP) is 4.49. The molecule has 2 aliphatic rings. The molecule has 0 amide bonds. The normalized spacial score (nSPS) is 23.2. The molecule has 0 radical (unpaired) electrons. The molecule has 0 spiro atoms. The van der Waals surface area contributed by atoms with Gasteiger partial charge in [0.2, 0.25) is 0 Å². The zero-order valence-corrected chi connectivity index (χ0v) is 13.2. The Morgan fingerprint density at radius 3 is 2.35 bits per heavy atom. The summed E-state index contributed by atoms with van der Waals surface area (Å²) in [4.78, 5) is 15.4. The minimum absolute atomic E-state index is 0.124. The lowest BCUT2D eigenvalue weighted by molar-refractivity contribution is 0.102. The van der Waals surface area contributed by atoms with E-state index in [9.17, 15) is 4.79 Å². The van der Waals surface area contributed by atoms with Crippen LogP contribution in [0.15, 0.2) is 60.2 Å². The van der Waals surface area contributed by atoms with E-state index in [1.54, 1.807) is 0 Å². The SMILES string of the molecule is O=C1C(=Cc2ccccc2)C(N2CCCCC2)c2ccccc21. The van der Waals surface area contributed by atoms with E-state index in [2.05, 4.69) is 35.2 Å². The maximum atomic E-state index is 13.0. The molecule has 0 saturated carbocycles. The number of rotatable bonds is 2. The fourth-order valence-corrected chi connectivity index (χ4v) is 3.83. The second kappa shape index (κ2) is 6.13. The summed E-state index contributed by atoms with van der Waals surface area (Å²) in [7, 11) is 0. The lowest BCUT2D eigenvalue weighted by atomic mass is 9.99. The molecule has 1 saturated heterocycles. The van der Waals surface area contributed by atoms with Gasteiger partial charge in [0.1, 0.15) is 0 Å². The van der Waals surface area contributed by atoms with Crippen LogP contribution in [0, 0.1) is 0 Å². The van der Waals surface area contributed by atoms with Crippen molar-refractivity contribution in [1.82, 2.24) is 4.90 Å². The molecule has 0 bridgehead atoms. The molecule has 116 valence electrons. The molecule has 23 heavy (non-hydrogen) atoms. The number of hydrogen-bond donors (Lipinski definition) is 0. The van der Waals surface area contributed by atoms with Gasteiger partial charge in [-0.15, -0.1) is 0 Å². The third-order valence-electron chi connectivity index (χ3n) is 4.93. The van der Waals surface area contributed by atoms with Crippen molar-refractivity contribution in [3.8, 4) is 0 Å². The van der Waals surface area contributed by atoms with Gasteiger partial charge in [-0.3, -0.25) is 9.69 Å². The van der Waals surface area contributed by atoms with Gasteiger partial charge in [-0.05, 0) is 43.1 Å². The molecule has 1 aliphatic heterocycles. The Kier molecular flexibility index (Phi) is 3.84. The van der Waals surface area contributed by atoms with Gasteiger partial charge in [-0.2, -0.15) is 0 Å². The minimum atomic E-state index is 0.124. The van der Waals surface area contributed by atoms with E-state index < -0.39 is 0 Å². The van der Waals surface area contributed by atoms with Crippen molar-refractivity contribution in [2.75, 3.05) is 13.1 Å². The highest BCUT2D eigenvalue weighted by Crippen LogP contribution is 2.41. The van der Waals surface area contributed by atoms with Gasteiger partial charge in [0.05, 0.1) is 6.04 Å². The van der Waals surface area contributed by atoms with Crippen LogP contribution in [0.1, 0.15) is 46.8 Å². The first kappa shape index (κ1) is 14.4. The topological polar surface area (TPSA) is 20.3 Å². The van der Waals surface area contributed by atoms with E-state index in [0.717, 1.165) is 29.8 Å². The Balaban J connectivity index is 1.80. The maximum absolute atomic E-state index is 13.0. The third kappa shape index (κ3) is 2.64. The van der Waals surface area contributed by atoms with Crippen molar-refractivity contribution >= 4 is 11.9 Å². The van der Waals surface area contributed by atoms with Crippen molar-refractivity contribution in [1.29, 1.82) is 0 Å². The monoisotopic (exact) mass is 303 g/mol. The van der Waals surface area contributed by atoms with Gasteiger partial charge < -0.3 is 0 Å². The predicted molar refractivity (Wildman–Crippen MR) is 93.4 cm³/mol. The standard InChI is InChI=1S/C21H21NO/c23-21-18-12-6-5-11-17(18)20(22-13-7-2-8-14-22)19(21)15-16-9-3-1-4-10-16/h1,3-6,9-12,15,20H,2,7-8,13-14H2. The number of Topliss-reactive ketones (excluding diaryl/α,β-unsaturated/α-hetero) is 1. The second-order valence-corrected chi connectivity index (χ2v) is 6.43. The molecule has 1 unspecified atom stereocenters. The zero-order chi connectivity index (χ0) is 15.6. The third-order valence-corrected chi connectivity index (χ3v) is 4.93. The smallest absolute Gasteiger partial charge is 0.191 e. The van der Waals surface area contributed by atoms with Crippen molar-refractivity contribution in [3.05, 3.63) is 76.9 Å². The first-order valence-corrected chi connectivity index (χ1v) is 8.49.